The zero-order chi connectivity index (χ0) is 19.1. The lowest BCUT2D eigenvalue weighted by Crippen LogP contribution is -2.33. The Bertz CT molecular complexity index is 841. The molecule has 27 heavy (non-hydrogen) atoms. The Hall–Kier alpha value is -2.51. The number of benzene rings is 2. The summed E-state index contributed by atoms with van der Waals surface area (Å²) in [6, 6.07) is 16.4. The quantitative estimate of drug-likeness (QED) is 0.817. The van der Waals surface area contributed by atoms with Crippen molar-refractivity contribution >= 4 is 46.0 Å². The molecule has 0 unspecified atom stereocenters. The van der Waals surface area contributed by atoms with E-state index >= 15 is 0 Å². The molecule has 6 nitrogen and oxygen atoms in total. The number of hydrazone groups is 1. The van der Waals surface area contributed by atoms with Gasteiger partial charge in [0.1, 0.15) is 12.3 Å². The summed E-state index contributed by atoms with van der Waals surface area (Å²) < 4.78 is 5.83. The molecule has 1 N–H and O–H groups in total. The molecule has 1 amide bonds. The molecule has 0 spiro atoms. The minimum absolute atomic E-state index is 0.139. The Kier molecular flexibility index (Phi) is 6.73. The maximum atomic E-state index is 12.2. The molecule has 140 valence electrons. The van der Waals surface area contributed by atoms with Crippen LogP contribution >= 0.6 is 23.4 Å². The van der Waals surface area contributed by atoms with E-state index in [4.69, 9.17) is 16.3 Å². The van der Waals surface area contributed by atoms with Gasteiger partial charge in [-0.05, 0) is 43.3 Å². The van der Waals surface area contributed by atoms with E-state index < -0.39 is 0 Å². The van der Waals surface area contributed by atoms with Crippen LogP contribution in [-0.4, -0.2) is 40.8 Å². The van der Waals surface area contributed by atoms with Crippen molar-refractivity contribution in [2.75, 3.05) is 24.2 Å². The number of para-hydroxylation sites is 1. The zero-order valence-electron chi connectivity index (χ0n) is 14.8. The van der Waals surface area contributed by atoms with Crippen LogP contribution < -0.4 is 10.1 Å². The highest BCUT2D eigenvalue weighted by Crippen LogP contribution is 2.17. The van der Waals surface area contributed by atoms with Crippen molar-refractivity contribution in [3.63, 3.8) is 0 Å². The number of rotatable bonds is 5. The summed E-state index contributed by atoms with van der Waals surface area (Å²) >= 11 is 7.11. The number of amidine groups is 1. The fraction of sp³-hybridized carbons (Fsp3) is 0.211. The number of carbonyl (C=O) groups is 1. The lowest BCUT2D eigenvalue weighted by Gasteiger charge is -2.23. The van der Waals surface area contributed by atoms with E-state index in [1.54, 1.807) is 24.3 Å². The molecule has 8 heteroatoms. The predicted molar refractivity (Wildman–Crippen MR) is 112 cm³/mol. The first-order valence-corrected chi connectivity index (χ1v) is 9.81. The van der Waals surface area contributed by atoms with Crippen LogP contribution in [-0.2, 0) is 4.79 Å². The second kappa shape index (κ2) is 9.43. The van der Waals surface area contributed by atoms with E-state index in [1.807, 2.05) is 42.3 Å². The highest BCUT2D eigenvalue weighted by atomic mass is 35.5. The minimum atomic E-state index is -0.139. The highest BCUT2D eigenvalue weighted by molar-refractivity contribution is 8.14. The van der Waals surface area contributed by atoms with Crippen LogP contribution in [0.5, 0.6) is 5.75 Å². The first-order valence-electron chi connectivity index (χ1n) is 8.44. The summed E-state index contributed by atoms with van der Waals surface area (Å²) in [5, 5.41) is 10.2. The molecule has 1 aliphatic heterocycles. The van der Waals surface area contributed by atoms with Crippen molar-refractivity contribution in [2.24, 2.45) is 10.1 Å². The van der Waals surface area contributed by atoms with Crippen molar-refractivity contribution in [3.8, 4) is 5.75 Å². The Morgan fingerprint density at radius 2 is 1.96 bits per heavy atom. The SMILES string of the molecule is CCN1CC(Oc2ccccc2)=NC(SCC(=O)Nc2ccc(Cl)cc2)=N1. The number of anilines is 1. The molecule has 3 rings (SSSR count). The van der Waals surface area contributed by atoms with Crippen molar-refractivity contribution in [2.45, 2.75) is 6.92 Å². The molecule has 0 fully saturated rings. The van der Waals surface area contributed by atoms with Gasteiger partial charge in [-0.2, -0.15) is 4.99 Å². The largest absolute Gasteiger partial charge is 0.441 e. The average molecular weight is 403 g/mol. The Morgan fingerprint density at radius 1 is 1.22 bits per heavy atom. The number of nitrogens with one attached hydrogen (secondary N) is 1. The van der Waals surface area contributed by atoms with Crippen molar-refractivity contribution in [1.82, 2.24) is 5.01 Å². The molecule has 1 aliphatic rings. The standard InChI is InChI=1S/C19H19ClN4O2S/c1-2-24-12-18(26-16-6-4-3-5-7-16)22-19(23-24)27-13-17(25)21-15-10-8-14(20)9-11-15/h3-11H,2,12-13H2,1H3,(H,21,25). The lowest BCUT2D eigenvalue weighted by atomic mass is 10.3. The number of thioether (sulfide) groups is 1. The third-order valence-corrected chi connectivity index (χ3v) is 4.66. The van der Waals surface area contributed by atoms with Gasteiger partial charge in [-0.1, -0.05) is 41.6 Å². The van der Waals surface area contributed by atoms with E-state index in [-0.39, 0.29) is 11.7 Å². The summed E-state index contributed by atoms with van der Waals surface area (Å²) in [6.07, 6.45) is 0. The van der Waals surface area contributed by atoms with Crippen molar-refractivity contribution in [1.29, 1.82) is 0 Å². The van der Waals surface area contributed by atoms with Crippen LogP contribution in [0.1, 0.15) is 6.92 Å². The van der Waals surface area contributed by atoms with Gasteiger partial charge in [0.25, 0.3) is 0 Å². The molecular weight excluding hydrogens is 384 g/mol. The Balaban J connectivity index is 1.59. The maximum absolute atomic E-state index is 12.2. The number of aliphatic imine (C=N–C) groups is 1. The van der Waals surface area contributed by atoms with E-state index in [1.165, 1.54) is 11.8 Å². The molecule has 0 saturated heterocycles. The van der Waals surface area contributed by atoms with Crippen LogP contribution in [0.3, 0.4) is 0 Å². The number of hydrogen-bond acceptors (Lipinski definition) is 6. The van der Waals surface area contributed by atoms with Gasteiger partial charge in [0.2, 0.25) is 17.0 Å². The van der Waals surface area contributed by atoms with E-state index in [0.717, 1.165) is 12.3 Å². The topological polar surface area (TPSA) is 66.3 Å². The number of halogens is 1. The van der Waals surface area contributed by atoms with E-state index in [0.29, 0.717) is 28.3 Å². The van der Waals surface area contributed by atoms with E-state index in [9.17, 15) is 4.79 Å². The van der Waals surface area contributed by atoms with Gasteiger partial charge < -0.3 is 10.1 Å². The van der Waals surface area contributed by atoms with Crippen LogP contribution in [0.15, 0.2) is 64.7 Å². The van der Waals surface area contributed by atoms with Crippen LogP contribution in [0, 0.1) is 0 Å². The summed E-state index contributed by atoms with van der Waals surface area (Å²) in [6.45, 7) is 3.22. The monoisotopic (exact) mass is 402 g/mol. The number of amides is 1. The summed E-state index contributed by atoms with van der Waals surface area (Å²) in [5.41, 5.74) is 0.697. The molecule has 0 saturated carbocycles. The average Bonchev–Trinajstić information content (AvgIpc) is 2.69. The van der Waals surface area contributed by atoms with Gasteiger partial charge in [0, 0.05) is 17.3 Å². The third kappa shape index (κ3) is 6.01. The lowest BCUT2D eigenvalue weighted by molar-refractivity contribution is -0.113. The predicted octanol–water partition coefficient (Wildman–Crippen LogP) is 4.10. The third-order valence-electron chi connectivity index (χ3n) is 3.57. The van der Waals surface area contributed by atoms with Gasteiger partial charge in [-0.15, -0.1) is 5.10 Å². The number of carbonyl (C=O) groups excluding carboxylic acids is 1. The second-order valence-electron chi connectivity index (χ2n) is 5.63. The molecule has 2 aromatic carbocycles. The normalized spacial score (nSPS) is 13.6. The Morgan fingerprint density at radius 3 is 2.67 bits per heavy atom. The van der Waals surface area contributed by atoms with Gasteiger partial charge in [-0.3, -0.25) is 9.80 Å². The van der Waals surface area contributed by atoms with Gasteiger partial charge in [0.15, 0.2) is 0 Å². The second-order valence-corrected chi connectivity index (χ2v) is 7.01. The number of likely N-dealkylation sites (N-methyl/N-ethyl adjacent to an activating group) is 1. The molecular formula is C19H19ClN4O2S. The molecule has 2 aromatic rings. The summed E-state index contributed by atoms with van der Waals surface area (Å²) in [5.74, 6) is 1.33. The number of hydrogen-bond donors (Lipinski definition) is 1. The smallest absolute Gasteiger partial charge is 0.234 e. The zero-order valence-corrected chi connectivity index (χ0v) is 16.3. The molecule has 0 aromatic heterocycles. The van der Waals surface area contributed by atoms with Gasteiger partial charge in [-0.25, -0.2) is 0 Å². The molecule has 1 heterocycles. The fourth-order valence-corrected chi connectivity index (χ4v) is 3.06. The summed E-state index contributed by atoms with van der Waals surface area (Å²) in [7, 11) is 0. The molecule has 0 bridgehead atoms. The van der Waals surface area contributed by atoms with Gasteiger partial charge in [0.05, 0.1) is 5.75 Å². The van der Waals surface area contributed by atoms with E-state index in [2.05, 4.69) is 15.4 Å². The van der Waals surface area contributed by atoms with Gasteiger partial charge >= 0.3 is 0 Å². The van der Waals surface area contributed by atoms with Crippen LogP contribution in [0.4, 0.5) is 5.69 Å². The van der Waals surface area contributed by atoms with Crippen LogP contribution in [0.2, 0.25) is 5.02 Å². The number of nitrogens with zero attached hydrogens (tertiary/aromatic N) is 3. The molecule has 0 aliphatic carbocycles. The first-order chi connectivity index (χ1) is 13.1. The Labute approximate surface area is 167 Å². The van der Waals surface area contributed by atoms with Crippen LogP contribution in [0.25, 0.3) is 0 Å². The van der Waals surface area contributed by atoms with Crippen molar-refractivity contribution in [3.05, 3.63) is 59.6 Å². The van der Waals surface area contributed by atoms with Crippen molar-refractivity contribution < 1.29 is 9.53 Å². The molecule has 0 radical (unpaired) electrons. The first kappa shape index (κ1) is 19.3. The fourth-order valence-electron chi connectivity index (χ4n) is 2.26. The summed E-state index contributed by atoms with van der Waals surface area (Å²) in [4.78, 5) is 16.6. The number of ether oxygens (including phenoxy) is 1. The maximum Gasteiger partial charge on any atom is 0.234 e. The minimum Gasteiger partial charge on any atom is -0.441 e. The highest BCUT2D eigenvalue weighted by Gasteiger charge is 2.17. The molecule has 0 atom stereocenters.